The lowest BCUT2D eigenvalue weighted by Crippen LogP contribution is -2.05. The number of benzene rings is 3. The van der Waals surface area contributed by atoms with Gasteiger partial charge >= 0.3 is 0 Å². The van der Waals surface area contributed by atoms with Crippen LogP contribution in [0.1, 0.15) is 101 Å². The molecule has 476 valence electrons. The van der Waals surface area contributed by atoms with E-state index in [1.807, 2.05) is 116 Å². The molecule has 95 heavy (non-hydrogen) atoms. The van der Waals surface area contributed by atoms with Crippen molar-refractivity contribution in [3.63, 3.8) is 0 Å². The number of hydrogen-bond donors (Lipinski definition) is 9. The van der Waals surface area contributed by atoms with Gasteiger partial charge in [0.05, 0.1) is 60.1 Å². The number of aromatic amines is 4. The van der Waals surface area contributed by atoms with Gasteiger partial charge in [-0.1, -0.05) is 42.1 Å². The second-order valence-corrected chi connectivity index (χ2v) is 24.3. The zero-order valence-electron chi connectivity index (χ0n) is 51.3. The van der Waals surface area contributed by atoms with Crippen molar-refractivity contribution in [3.8, 4) is 23.3 Å². The van der Waals surface area contributed by atoms with Gasteiger partial charge in [0.15, 0.2) is 46.5 Å². The fourth-order valence-electron chi connectivity index (χ4n) is 9.48. The van der Waals surface area contributed by atoms with Crippen LogP contribution in [-0.2, 0) is 19.4 Å². The van der Waals surface area contributed by atoms with Crippen LogP contribution in [0.5, 0.6) is 17.2 Å². The molecule has 0 unspecified atom stereocenters. The van der Waals surface area contributed by atoms with E-state index in [-0.39, 0.29) is 0 Å². The van der Waals surface area contributed by atoms with Crippen molar-refractivity contribution >= 4 is 85.9 Å². The molecule has 3 fully saturated rings. The minimum Gasteiger partial charge on any atom is -0.497 e. The van der Waals surface area contributed by atoms with Gasteiger partial charge in [-0.2, -0.15) is 51.0 Å². The van der Waals surface area contributed by atoms with Crippen molar-refractivity contribution in [2.75, 3.05) is 33.7 Å². The summed E-state index contributed by atoms with van der Waals surface area (Å²) in [5.41, 5.74) is 11.6. The summed E-state index contributed by atoms with van der Waals surface area (Å²) in [6.07, 6.45) is 18.6. The molecule has 3 aromatic carbocycles. The summed E-state index contributed by atoms with van der Waals surface area (Å²) in [6, 6.07) is 39.2. The Labute approximate surface area is 551 Å². The largest absolute Gasteiger partial charge is 0.497 e. The SMILES string of the molecule is COc1cccc(Cc2cnnc(Nc3cc(C)[nH]n3)c2)c1.N#CCc1ccc(Oc2cnnc(Nc3cc(C4CC4)[nH]n3)c2)cc1.c1cncc(CNc2cnnc(Nc3cc(C4CC4)[nH]n3)n2)c1.c1nc2ccc(Sc3cnnc(Nc4cc(C5CC5)[nH]n4)n3)cc2s1. The molecular formula is C65H62N26O2S2. The number of hydrogen-bond acceptors (Lipinski definition) is 26. The Balaban J connectivity index is 0.000000115. The van der Waals surface area contributed by atoms with Gasteiger partial charge in [0, 0.05) is 94.7 Å². The fraction of sp³-hybridized carbons (Fsp3) is 0.215. The van der Waals surface area contributed by atoms with Crippen LogP contribution >= 0.6 is 23.1 Å². The number of nitriles is 1. The molecule has 3 aliphatic carbocycles. The molecule has 10 heterocycles. The van der Waals surface area contributed by atoms with Gasteiger partial charge < -0.3 is 36.1 Å². The molecule has 0 amide bonds. The maximum absolute atomic E-state index is 8.70. The third kappa shape index (κ3) is 18.2. The second kappa shape index (κ2) is 30.1. The molecule has 13 aromatic rings. The van der Waals surface area contributed by atoms with Crippen LogP contribution in [0.4, 0.5) is 52.6 Å². The van der Waals surface area contributed by atoms with Crippen LogP contribution in [0, 0.1) is 18.3 Å². The van der Waals surface area contributed by atoms with Gasteiger partial charge in [-0.25, -0.2) is 9.97 Å². The van der Waals surface area contributed by atoms with Gasteiger partial charge in [-0.3, -0.25) is 25.4 Å². The number of aryl methyl sites for hydroxylation is 1. The van der Waals surface area contributed by atoms with E-state index in [1.54, 1.807) is 67.3 Å². The van der Waals surface area contributed by atoms with Crippen molar-refractivity contribution in [1.29, 1.82) is 5.26 Å². The molecule has 0 saturated heterocycles. The van der Waals surface area contributed by atoms with Gasteiger partial charge in [-0.05, 0) is 129 Å². The first kappa shape index (κ1) is 62.0. The normalized spacial score (nSPS) is 12.9. The average Bonchev–Trinajstić information content (AvgIpc) is 2.11. The van der Waals surface area contributed by atoms with Crippen molar-refractivity contribution in [2.24, 2.45) is 0 Å². The molecule has 3 aliphatic rings. The molecule has 0 aliphatic heterocycles. The lowest BCUT2D eigenvalue weighted by atomic mass is 10.1. The Bertz CT molecular complexity index is 4670. The third-order valence-electron chi connectivity index (χ3n) is 14.7. The number of anilines is 9. The summed E-state index contributed by atoms with van der Waals surface area (Å²) in [7, 11) is 1.67. The molecule has 0 bridgehead atoms. The first-order chi connectivity index (χ1) is 46.7. The van der Waals surface area contributed by atoms with Crippen LogP contribution in [-0.4, -0.2) is 109 Å². The van der Waals surface area contributed by atoms with Gasteiger partial charge in [-0.15, -0.1) is 31.7 Å². The lowest BCUT2D eigenvalue weighted by Gasteiger charge is -2.07. The van der Waals surface area contributed by atoms with Crippen molar-refractivity contribution in [3.05, 3.63) is 203 Å². The molecule has 28 nitrogen and oxygen atoms in total. The number of pyridine rings is 1. The van der Waals surface area contributed by atoms with Crippen LogP contribution in [0.3, 0.4) is 0 Å². The second-order valence-electron chi connectivity index (χ2n) is 22.3. The number of thiazole rings is 1. The zero-order valence-corrected chi connectivity index (χ0v) is 53.0. The molecule has 30 heteroatoms. The predicted molar refractivity (Wildman–Crippen MR) is 359 cm³/mol. The molecule has 9 N–H and O–H groups in total. The molecule has 10 aromatic heterocycles. The standard InChI is InChI=1S/C18H16N6O.C16H13N7S2.C16H17N5O.C15H16N8/c19-8-7-12-1-5-14(6-2-12)25-15-9-17(23-20-11-15)21-18-10-16(22-24-18)13-3-4-13;1-2-9(1)12-6-14(22-21-12)19-16-20-15(7-18-23-16)25-10-3-4-11-13(5-10)24-8-17-11;1-11-6-15(21-19-11)18-16-9-13(10-17-20-16)7-12-4-3-5-14(8-12)22-2;1-2-10(7-16-5-1)8-17-14-9-18-23-15(20-14)19-13-6-12(21-22-13)11-3-4-11/h1-2,5-6,9-11,13H,3-4,7H2,(H2,21,22,23,24);3-9H,1-2H2,(H2,19,20,21,22,23);3-6,8-10H,7H2,1-2H3,(H2,18,19,20,21);1-2,5-7,9,11H,3-4,8H2,(H3,17,19,20,21,22,23). The highest BCUT2D eigenvalue weighted by Crippen LogP contribution is 2.42. The van der Waals surface area contributed by atoms with Crippen molar-refractivity contribution in [2.45, 2.75) is 92.5 Å². The van der Waals surface area contributed by atoms with E-state index in [1.165, 1.54) is 44.2 Å². The van der Waals surface area contributed by atoms with Crippen LogP contribution in [0.2, 0.25) is 0 Å². The highest BCUT2D eigenvalue weighted by molar-refractivity contribution is 7.99. The Morgan fingerprint density at radius 2 is 1.19 bits per heavy atom. The van der Waals surface area contributed by atoms with E-state index < -0.39 is 0 Å². The third-order valence-corrected chi connectivity index (χ3v) is 16.4. The lowest BCUT2D eigenvalue weighted by molar-refractivity contribution is 0.414. The Hall–Kier alpha value is -11.8. The minimum atomic E-state index is 0.387. The number of H-pyrrole nitrogens is 4. The maximum Gasteiger partial charge on any atom is 0.250 e. The quantitative estimate of drug-likeness (QED) is 0.0304. The highest BCUT2D eigenvalue weighted by Gasteiger charge is 2.27. The van der Waals surface area contributed by atoms with Gasteiger partial charge in [0.1, 0.15) is 16.5 Å². The molecule has 0 spiro atoms. The Morgan fingerprint density at radius 1 is 0.547 bits per heavy atom. The van der Waals surface area contributed by atoms with E-state index in [4.69, 9.17) is 14.7 Å². The molecule has 16 rings (SSSR count). The number of ether oxygens (including phenoxy) is 2. The highest BCUT2D eigenvalue weighted by atomic mass is 32.2. The topological polar surface area (TPSA) is 372 Å². The van der Waals surface area contributed by atoms with Gasteiger partial charge in [0.25, 0.3) is 0 Å². The molecule has 0 radical (unpaired) electrons. The van der Waals surface area contributed by atoms with E-state index in [9.17, 15) is 0 Å². The van der Waals surface area contributed by atoms with Crippen molar-refractivity contribution in [1.82, 2.24) is 102 Å². The number of nitrogens with one attached hydrogen (secondary N) is 9. The van der Waals surface area contributed by atoms with Gasteiger partial charge in [0.2, 0.25) is 11.9 Å². The molecular weight excluding hydrogens is 1240 g/mol. The first-order valence-corrected chi connectivity index (χ1v) is 32.1. The Kier molecular flexibility index (Phi) is 19.6. The predicted octanol–water partition coefficient (Wildman–Crippen LogP) is 12.7. The number of nitrogens with zero attached hydrogens (tertiary/aromatic N) is 17. The van der Waals surface area contributed by atoms with Crippen molar-refractivity contribution < 1.29 is 9.47 Å². The summed E-state index contributed by atoms with van der Waals surface area (Å²) in [5, 5.41) is 86.1. The summed E-state index contributed by atoms with van der Waals surface area (Å²) < 4.78 is 12.2. The van der Waals surface area contributed by atoms with Crippen LogP contribution in [0.25, 0.3) is 10.2 Å². The number of aromatic nitrogens is 20. The number of fused-ring (bicyclic) bond motifs is 1. The fourth-order valence-corrected chi connectivity index (χ4v) is 11.1. The number of methoxy groups -OCH3 is 1. The smallest absolute Gasteiger partial charge is 0.250 e. The van der Waals surface area contributed by atoms with E-state index in [2.05, 4.69) is 146 Å². The van der Waals surface area contributed by atoms with E-state index >= 15 is 0 Å². The Morgan fingerprint density at radius 3 is 1.85 bits per heavy atom. The minimum absolute atomic E-state index is 0.387. The van der Waals surface area contributed by atoms with E-state index in [0.29, 0.717) is 83.2 Å². The van der Waals surface area contributed by atoms with Crippen LogP contribution < -0.4 is 36.1 Å². The van der Waals surface area contributed by atoms with E-state index in [0.717, 1.165) is 83.3 Å². The zero-order chi connectivity index (χ0) is 64.6. The number of rotatable bonds is 22. The maximum atomic E-state index is 8.70. The summed E-state index contributed by atoms with van der Waals surface area (Å²) >= 11 is 3.18. The monoisotopic (exact) mass is 1300 g/mol. The molecule has 0 atom stereocenters. The summed E-state index contributed by atoms with van der Waals surface area (Å²) in [4.78, 5) is 18.4. The first-order valence-electron chi connectivity index (χ1n) is 30.4. The van der Waals surface area contributed by atoms with Crippen LogP contribution in [0.15, 0.2) is 168 Å². The molecule has 3 saturated carbocycles. The average molecular weight is 1300 g/mol. The summed E-state index contributed by atoms with van der Waals surface area (Å²) in [6.45, 7) is 2.57. The summed E-state index contributed by atoms with van der Waals surface area (Å²) in [5.74, 6) is 9.58.